The zero-order valence-corrected chi connectivity index (χ0v) is 16.3. The third-order valence-electron chi connectivity index (χ3n) is 4.86. The first-order valence-corrected chi connectivity index (χ1v) is 9.38. The maximum Gasteiger partial charge on any atom is 0.155 e. The topological polar surface area (TPSA) is 60.6 Å². The molecule has 1 aliphatic rings. The highest BCUT2D eigenvalue weighted by Crippen LogP contribution is 2.24. The van der Waals surface area contributed by atoms with E-state index in [0.29, 0.717) is 12.4 Å². The van der Waals surface area contributed by atoms with Crippen LogP contribution in [0.2, 0.25) is 0 Å². The Kier molecular flexibility index (Phi) is 4.93. The fraction of sp³-hybridized carbons (Fsp3) is 0.227. The van der Waals surface area contributed by atoms with Gasteiger partial charge in [0.05, 0.1) is 17.8 Å². The lowest BCUT2D eigenvalue weighted by molar-refractivity contribution is 0.724. The lowest BCUT2D eigenvalue weighted by Gasteiger charge is -2.12. The standard InChI is InChI=1S/C22H24N6/c1-4-20-24-19-11-12-28(15-17-9-7-5-6-8-10-17)21(19)22(25-20)23-14-18-13-16(2)27(3)26-18/h4-9,11-13H,1,10,14-15H2,2-3H3,(H,23,24,25). The lowest BCUT2D eigenvalue weighted by atomic mass is 10.2. The number of aryl methyl sites for hydroxylation is 2. The maximum absolute atomic E-state index is 4.67. The molecule has 1 N–H and O–H groups in total. The monoisotopic (exact) mass is 372 g/mol. The van der Waals surface area contributed by atoms with E-state index >= 15 is 0 Å². The van der Waals surface area contributed by atoms with Crippen LogP contribution in [0.3, 0.4) is 0 Å². The molecule has 6 heteroatoms. The zero-order chi connectivity index (χ0) is 19.5. The molecule has 0 aliphatic heterocycles. The smallest absolute Gasteiger partial charge is 0.155 e. The van der Waals surface area contributed by atoms with Crippen LogP contribution in [0.5, 0.6) is 0 Å². The normalized spacial score (nSPS) is 13.6. The molecule has 0 fully saturated rings. The van der Waals surface area contributed by atoms with Gasteiger partial charge in [-0.1, -0.05) is 37.0 Å². The molecule has 0 radical (unpaired) electrons. The fourth-order valence-corrected chi connectivity index (χ4v) is 3.32. The number of hydrogen-bond acceptors (Lipinski definition) is 4. The summed E-state index contributed by atoms with van der Waals surface area (Å²) in [5, 5.41) is 7.97. The summed E-state index contributed by atoms with van der Waals surface area (Å²) in [5.41, 5.74) is 5.34. The Balaban J connectivity index is 1.67. The molecule has 0 amide bonds. The Morgan fingerprint density at radius 2 is 2.14 bits per heavy atom. The summed E-state index contributed by atoms with van der Waals surface area (Å²) >= 11 is 0. The first-order valence-electron chi connectivity index (χ1n) is 9.38. The van der Waals surface area contributed by atoms with E-state index in [1.807, 2.05) is 24.7 Å². The minimum Gasteiger partial charge on any atom is -0.362 e. The van der Waals surface area contributed by atoms with Crippen LogP contribution < -0.4 is 5.32 Å². The lowest BCUT2D eigenvalue weighted by Crippen LogP contribution is -2.08. The van der Waals surface area contributed by atoms with Crippen molar-refractivity contribution in [1.29, 1.82) is 0 Å². The minimum atomic E-state index is 0.601. The summed E-state index contributed by atoms with van der Waals surface area (Å²) in [6, 6.07) is 4.11. The van der Waals surface area contributed by atoms with Crippen molar-refractivity contribution in [3.63, 3.8) is 0 Å². The molecule has 3 heterocycles. The van der Waals surface area contributed by atoms with Crippen molar-refractivity contribution in [1.82, 2.24) is 24.3 Å². The molecule has 0 saturated carbocycles. The van der Waals surface area contributed by atoms with E-state index in [1.165, 1.54) is 5.57 Å². The van der Waals surface area contributed by atoms with Crippen molar-refractivity contribution < 1.29 is 0 Å². The Bertz CT molecular complexity index is 1090. The van der Waals surface area contributed by atoms with Crippen molar-refractivity contribution in [2.75, 3.05) is 5.32 Å². The van der Waals surface area contributed by atoms with Crippen LogP contribution in [0, 0.1) is 6.92 Å². The van der Waals surface area contributed by atoms with E-state index in [1.54, 1.807) is 6.08 Å². The molecule has 142 valence electrons. The molecule has 0 atom stereocenters. The van der Waals surface area contributed by atoms with Gasteiger partial charge in [0.25, 0.3) is 0 Å². The van der Waals surface area contributed by atoms with E-state index in [9.17, 15) is 0 Å². The number of nitrogens with zero attached hydrogens (tertiary/aromatic N) is 5. The molecule has 0 unspecified atom stereocenters. The summed E-state index contributed by atoms with van der Waals surface area (Å²) < 4.78 is 4.08. The second-order valence-corrected chi connectivity index (χ2v) is 6.91. The van der Waals surface area contributed by atoms with Crippen molar-refractivity contribution in [3.05, 3.63) is 78.1 Å². The van der Waals surface area contributed by atoms with Crippen LogP contribution in [0.15, 0.2) is 60.9 Å². The molecular weight excluding hydrogens is 348 g/mol. The molecule has 0 spiro atoms. The van der Waals surface area contributed by atoms with Crippen LogP contribution in [0.25, 0.3) is 17.1 Å². The van der Waals surface area contributed by atoms with E-state index in [2.05, 4.69) is 74.2 Å². The number of nitrogens with one attached hydrogen (secondary N) is 1. The van der Waals surface area contributed by atoms with Gasteiger partial charge in [-0.05, 0) is 37.1 Å². The average molecular weight is 372 g/mol. The molecule has 0 saturated heterocycles. The first-order chi connectivity index (χ1) is 13.6. The largest absolute Gasteiger partial charge is 0.362 e. The van der Waals surface area contributed by atoms with Gasteiger partial charge in [-0.25, -0.2) is 9.97 Å². The summed E-state index contributed by atoms with van der Waals surface area (Å²) in [7, 11) is 1.95. The number of aromatic nitrogens is 5. The molecule has 0 aromatic carbocycles. The number of allylic oxidation sites excluding steroid dienone is 6. The van der Waals surface area contributed by atoms with Crippen LogP contribution in [0.1, 0.15) is 23.6 Å². The Labute approximate surface area is 164 Å². The van der Waals surface area contributed by atoms with Gasteiger partial charge in [-0.2, -0.15) is 5.10 Å². The number of fused-ring (bicyclic) bond motifs is 1. The predicted molar refractivity (Wildman–Crippen MR) is 114 cm³/mol. The van der Waals surface area contributed by atoms with E-state index in [-0.39, 0.29) is 0 Å². The quantitative estimate of drug-likeness (QED) is 0.705. The minimum absolute atomic E-state index is 0.601. The van der Waals surface area contributed by atoms with Crippen molar-refractivity contribution in [2.45, 2.75) is 26.4 Å². The first kappa shape index (κ1) is 18.0. The highest BCUT2D eigenvalue weighted by molar-refractivity contribution is 5.87. The Morgan fingerprint density at radius 3 is 2.93 bits per heavy atom. The molecule has 0 bridgehead atoms. The summed E-state index contributed by atoms with van der Waals surface area (Å²) in [5.74, 6) is 1.41. The predicted octanol–water partition coefficient (Wildman–Crippen LogP) is 4.17. The van der Waals surface area contributed by atoms with Crippen LogP contribution >= 0.6 is 0 Å². The van der Waals surface area contributed by atoms with Crippen LogP contribution in [0.4, 0.5) is 5.82 Å². The average Bonchev–Trinajstić information content (AvgIpc) is 3.12. The van der Waals surface area contributed by atoms with E-state index in [4.69, 9.17) is 0 Å². The van der Waals surface area contributed by atoms with Gasteiger partial charge in [0.15, 0.2) is 11.6 Å². The number of hydrogen-bond donors (Lipinski definition) is 1. The van der Waals surface area contributed by atoms with Gasteiger partial charge < -0.3 is 9.88 Å². The molecule has 28 heavy (non-hydrogen) atoms. The second kappa shape index (κ2) is 7.68. The summed E-state index contributed by atoms with van der Waals surface area (Å²) in [6.07, 6.45) is 15.3. The third-order valence-corrected chi connectivity index (χ3v) is 4.86. The SMILES string of the molecule is C=Cc1nc(NCc2cc(C)n(C)n2)c2c(ccn2CC2=CC=CC=CC2)n1. The van der Waals surface area contributed by atoms with Gasteiger partial charge in [0.1, 0.15) is 5.52 Å². The fourth-order valence-electron chi connectivity index (χ4n) is 3.32. The third kappa shape index (κ3) is 3.67. The zero-order valence-electron chi connectivity index (χ0n) is 16.3. The van der Waals surface area contributed by atoms with Crippen molar-refractivity contribution in [2.24, 2.45) is 7.05 Å². The van der Waals surface area contributed by atoms with Gasteiger partial charge in [0.2, 0.25) is 0 Å². The molecular formula is C22H24N6. The Hall–Kier alpha value is -3.41. The van der Waals surface area contributed by atoms with E-state index in [0.717, 1.165) is 41.2 Å². The van der Waals surface area contributed by atoms with Gasteiger partial charge in [-0.15, -0.1) is 0 Å². The summed E-state index contributed by atoms with van der Waals surface area (Å²) in [6.45, 7) is 7.27. The second-order valence-electron chi connectivity index (χ2n) is 6.91. The van der Waals surface area contributed by atoms with Crippen molar-refractivity contribution in [3.8, 4) is 0 Å². The molecule has 3 aromatic heterocycles. The van der Waals surface area contributed by atoms with E-state index < -0.39 is 0 Å². The molecule has 1 aliphatic carbocycles. The molecule has 6 nitrogen and oxygen atoms in total. The van der Waals surface area contributed by atoms with Crippen LogP contribution in [-0.4, -0.2) is 24.3 Å². The van der Waals surface area contributed by atoms with Crippen molar-refractivity contribution >= 4 is 22.9 Å². The highest BCUT2D eigenvalue weighted by atomic mass is 15.3. The van der Waals surface area contributed by atoms with Gasteiger partial charge >= 0.3 is 0 Å². The molecule has 4 rings (SSSR count). The van der Waals surface area contributed by atoms with Gasteiger partial charge in [-0.3, -0.25) is 4.68 Å². The van der Waals surface area contributed by atoms with Crippen LogP contribution in [-0.2, 0) is 20.1 Å². The Morgan fingerprint density at radius 1 is 1.25 bits per heavy atom. The van der Waals surface area contributed by atoms with Gasteiger partial charge in [0, 0.05) is 25.5 Å². The maximum atomic E-state index is 4.67. The molecule has 3 aromatic rings. The number of rotatable bonds is 6. The summed E-state index contributed by atoms with van der Waals surface area (Å²) in [4.78, 5) is 9.27. The number of anilines is 1. The highest BCUT2D eigenvalue weighted by Gasteiger charge is 2.13.